The summed E-state index contributed by atoms with van der Waals surface area (Å²) >= 11 is 0. The Hall–Kier alpha value is -3.02. The number of aliphatic carboxylic acids is 1. The number of β-amino-alcohol motifs (C(OH)–C–C–N with tert-alkyl or cyclic N) is 2. The number of fused-ring (bicyclic) bond motifs is 1. The molecule has 28 heavy (non-hydrogen) atoms. The van der Waals surface area contributed by atoms with Crippen LogP contribution in [0, 0.1) is 0 Å². The average Bonchev–Trinajstić information content (AvgIpc) is 3.15. The topological polar surface area (TPSA) is 168 Å². The van der Waals surface area contributed by atoms with Crippen LogP contribution >= 0.6 is 0 Å². The molecule has 2 aromatic rings. The quantitative estimate of drug-likeness (QED) is 0.427. The number of carbonyl (C=O) groups excluding carboxylic acids is 2. The van der Waals surface area contributed by atoms with Crippen molar-refractivity contribution in [2.45, 2.75) is 18.2 Å². The van der Waals surface area contributed by atoms with Crippen LogP contribution in [0.15, 0.2) is 24.4 Å². The number of primary amides is 1. The van der Waals surface area contributed by atoms with Crippen LogP contribution in [0.3, 0.4) is 0 Å². The van der Waals surface area contributed by atoms with Crippen molar-refractivity contribution in [1.29, 1.82) is 0 Å². The summed E-state index contributed by atoms with van der Waals surface area (Å²) in [5, 5.41) is 30.4. The fourth-order valence-corrected chi connectivity index (χ4v) is 3.16. The van der Waals surface area contributed by atoms with Crippen molar-refractivity contribution < 1.29 is 34.4 Å². The lowest BCUT2D eigenvalue weighted by molar-refractivity contribution is -0.145. The van der Waals surface area contributed by atoms with E-state index in [0.29, 0.717) is 5.65 Å². The van der Waals surface area contributed by atoms with E-state index >= 15 is 0 Å². The molecule has 0 bridgehead atoms. The van der Waals surface area contributed by atoms with Crippen molar-refractivity contribution in [3.05, 3.63) is 30.1 Å². The van der Waals surface area contributed by atoms with E-state index in [4.69, 9.17) is 15.6 Å². The zero-order chi connectivity index (χ0) is 20.5. The second-order valence-electron chi connectivity index (χ2n) is 6.70. The average molecular weight is 392 g/mol. The van der Waals surface area contributed by atoms with Crippen molar-refractivity contribution in [3.63, 3.8) is 0 Å². The predicted octanol–water partition coefficient (Wildman–Crippen LogP) is -1.83. The number of ether oxygens (including phenoxy) is 1. The number of nitrogens with two attached hydrogens (primary N) is 1. The van der Waals surface area contributed by atoms with E-state index < -0.39 is 42.7 Å². The first-order chi connectivity index (χ1) is 13.2. The second kappa shape index (κ2) is 7.54. The summed E-state index contributed by atoms with van der Waals surface area (Å²) in [4.78, 5) is 39.3. The summed E-state index contributed by atoms with van der Waals surface area (Å²) in [6, 6.07) is 4.90. The molecule has 3 heterocycles. The summed E-state index contributed by atoms with van der Waals surface area (Å²) in [5.74, 6) is -2.43. The molecule has 2 atom stereocenters. The molecule has 3 rings (SSSR count). The highest BCUT2D eigenvalue weighted by atomic mass is 16.5. The third-order valence-corrected chi connectivity index (χ3v) is 4.59. The van der Waals surface area contributed by atoms with Crippen molar-refractivity contribution in [2.75, 3.05) is 26.3 Å². The van der Waals surface area contributed by atoms with Crippen molar-refractivity contribution in [2.24, 2.45) is 5.73 Å². The number of hydrogen-bond donors (Lipinski definition) is 4. The molecule has 1 saturated heterocycles. The Morgan fingerprint density at radius 1 is 1.29 bits per heavy atom. The smallest absolute Gasteiger partial charge is 0.329 e. The van der Waals surface area contributed by atoms with Gasteiger partial charge in [-0.3, -0.25) is 9.59 Å². The van der Waals surface area contributed by atoms with E-state index in [1.165, 1.54) is 11.0 Å². The second-order valence-corrected chi connectivity index (χ2v) is 6.70. The van der Waals surface area contributed by atoms with Crippen LogP contribution in [-0.2, 0) is 20.9 Å². The highest BCUT2D eigenvalue weighted by Gasteiger charge is 2.46. The lowest BCUT2D eigenvalue weighted by Gasteiger charge is -2.26. The number of aromatic nitrogens is 2. The number of aliphatic hydroxyl groups excluding tert-OH is 1. The standard InChI is InChI=1S/C17H20N4O7/c18-15(26)11-2-1-10-3-4-20(16(10)19-11)8-17(27)9-21(5-12(17)22)13(23)6-28-7-14(24)25/h1-4,12,22,27H,5-9H2,(H2,18,26)(H,24,25)/t12-,17+/m0/s1. The van der Waals surface area contributed by atoms with Gasteiger partial charge in [0.1, 0.15) is 36.3 Å². The number of likely N-dealkylation sites (tertiary alicyclic amines) is 1. The fourth-order valence-electron chi connectivity index (χ4n) is 3.16. The molecule has 150 valence electrons. The van der Waals surface area contributed by atoms with Gasteiger partial charge in [0.05, 0.1) is 13.1 Å². The van der Waals surface area contributed by atoms with E-state index in [-0.39, 0.29) is 25.3 Å². The molecule has 0 saturated carbocycles. The summed E-state index contributed by atoms with van der Waals surface area (Å²) in [5.41, 5.74) is 4.08. The van der Waals surface area contributed by atoms with Gasteiger partial charge in [0.15, 0.2) is 0 Å². The van der Waals surface area contributed by atoms with Crippen LogP contribution in [0.4, 0.5) is 0 Å². The number of nitrogens with zero attached hydrogens (tertiary/aromatic N) is 3. The van der Waals surface area contributed by atoms with E-state index in [9.17, 15) is 24.6 Å². The Kier molecular flexibility index (Phi) is 5.31. The van der Waals surface area contributed by atoms with E-state index in [2.05, 4.69) is 4.98 Å². The molecule has 0 unspecified atom stereocenters. The summed E-state index contributed by atoms with van der Waals surface area (Å²) in [7, 11) is 0. The number of rotatable bonds is 7. The van der Waals surface area contributed by atoms with Gasteiger partial charge in [-0.2, -0.15) is 0 Å². The third kappa shape index (κ3) is 3.96. The van der Waals surface area contributed by atoms with Gasteiger partial charge in [-0.05, 0) is 18.2 Å². The molecule has 5 N–H and O–H groups in total. The molecular weight excluding hydrogens is 372 g/mol. The number of carboxylic acid groups (broad SMARTS) is 1. The van der Waals surface area contributed by atoms with Crippen molar-refractivity contribution in [3.8, 4) is 0 Å². The zero-order valence-corrected chi connectivity index (χ0v) is 14.8. The van der Waals surface area contributed by atoms with Gasteiger partial charge < -0.3 is 35.3 Å². The zero-order valence-electron chi connectivity index (χ0n) is 14.8. The number of pyridine rings is 1. The Labute approximate surface area is 158 Å². The van der Waals surface area contributed by atoms with Gasteiger partial charge in [0, 0.05) is 18.1 Å². The van der Waals surface area contributed by atoms with Gasteiger partial charge in [-0.25, -0.2) is 9.78 Å². The minimum absolute atomic E-state index is 0.0683. The minimum Gasteiger partial charge on any atom is -0.480 e. The maximum Gasteiger partial charge on any atom is 0.329 e. The van der Waals surface area contributed by atoms with Gasteiger partial charge in [-0.1, -0.05) is 0 Å². The van der Waals surface area contributed by atoms with E-state index in [1.807, 2.05) is 0 Å². The maximum absolute atomic E-state index is 12.1. The molecule has 0 radical (unpaired) electrons. The van der Waals surface area contributed by atoms with E-state index in [1.54, 1.807) is 22.9 Å². The van der Waals surface area contributed by atoms with Gasteiger partial charge in [0.25, 0.3) is 5.91 Å². The highest BCUT2D eigenvalue weighted by Crippen LogP contribution is 2.26. The van der Waals surface area contributed by atoms with Crippen molar-refractivity contribution >= 4 is 28.8 Å². The largest absolute Gasteiger partial charge is 0.480 e. The van der Waals surface area contributed by atoms with E-state index in [0.717, 1.165) is 5.39 Å². The van der Waals surface area contributed by atoms with Crippen LogP contribution in [0.5, 0.6) is 0 Å². The molecule has 0 spiro atoms. The molecule has 1 aliphatic rings. The third-order valence-electron chi connectivity index (χ3n) is 4.59. The van der Waals surface area contributed by atoms with Crippen LogP contribution < -0.4 is 5.73 Å². The van der Waals surface area contributed by atoms with Gasteiger partial charge in [0.2, 0.25) is 5.91 Å². The number of hydrogen-bond acceptors (Lipinski definition) is 7. The number of amides is 2. The lowest BCUT2D eigenvalue weighted by atomic mass is 10.0. The molecule has 1 aliphatic heterocycles. The first-order valence-electron chi connectivity index (χ1n) is 8.43. The molecule has 2 aromatic heterocycles. The van der Waals surface area contributed by atoms with Crippen molar-refractivity contribution in [1.82, 2.24) is 14.5 Å². The monoisotopic (exact) mass is 392 g/mol. The molecule has 11 nitrogen and oxygen atoms in total. The summed E-state index contributed by atoms with van der Waals surface area (Å²) in [6.45, 7) is -1.45. The first-order valence-corrected chi connectivity index (χ1v) is 8.43. The number of aliphatic hydroxyl groups is 2. The Balaban J connectivity index is 1.74. The molecule has 0 aliphatic carbocycles. The van der Waals surface area contributed by atoms with Gasteiger partial charge >= 0.3 is 5.97 Å². The van der Waals surface area contributed by atoms with Crippen LogP contribution in [0.1, 0.15) is 10.5 Å². The SMILES string of the molecule is NC(=O)c1ccc2ccn(C[C@@]3(O)CN(C(=O)COCC(=O)O)C[C@@H]3O)c2n1. The number of carbonyl (C=O) groups is 3. The summed E-state index contributed by atoms with van der Waals surface area (Å²) in [6.07, 6.45) is 0.417. The Morgan fingerprint density at radius 3 is 2.71 bits per heavy atom. The molecule has 0 aromatic carbocycles. The molecular formula is C17H20N4O7. The van der Waals surface area contributed by atoms with Crippen LogP contribution in [0.2, 0.25) is 0 Å². The Bertz CT molecular complexity index is 927. The normalized spacial score (nSPS) is 21.9. The van der Waals surface area contributed by atoms with Crippen LogP contribution in [-0.4, -0.2) is 85.6 Å². The maximum atomic E-state index is 12.1. The summed E-state index contributed by atoms with van der Waals surface area (Å²) < 4.78 is 6.33. The van der Waals surface area contributed by atoms with Crippen LogP contribution in [0.25, 0.3) is 11.0 Å². The number of carboxylic acids is 1. The minimum atomic E-state index is -1.65. The van der Waals surface area contributed by atoms with Gasteiger partial charge in [-0.15, -0.1) is 0 Å². The molecule has 11 heteroatoms. The lowest BCUT2D eigenvalue weighted by Crippen LogP contribution is -2.46. The highest BCUT2D eigenvalue weighted by molar-refractivity contribution is 5.93. The molecule has 2 amide bonds. The Morgan fingerprint density at radius 2 is 2.04 bits per heavy atom. The predicted molar refractivity (Wildman–Crippen MR) is 94.2 cm³/mol. The molecule has 1 fully saturated rings. The fraction of sp³-hybridized carbons (Fsp3) is 0.412. The first kappa shape index (κ1) is 19.7.